The van der Waals surface area contributed by atoms with Crippen molar-refractivity contribution in [2.24, 2.45) is 5.92 Å². The van der Waals surface area contributed by atoms with Gasteiger partial charge < -0.3 is 15.0 Å². The molecule has 0 unspecified atom stereocenters. The molecule has 1 aliphatic heterocycles. The summed E-state index contributed by atoms with van der Waals surface area (Å²) >= 11 is 1.64. The summed E-state index contributed by atoms with van der Waals surface area (Å²) in [5.74, 6) is 1.78. The minimum absolute atomic E-state index is 0.0219. The maximum atomic E-state index is 13.1. The average molecular weight is 503 g/mol. The molecule has 5 nitrogen and oxygen atoms in total. The van der Waals surface area contributed by atoms with Crippen molar-refractivity contribution in [1.29, 1.82) is 0 Å². The number of carbonyl (C=O) groups excluding carboxylic acids is 2. The molecular formula is C30H34N2O3S. The zero-order valence-corrected chi connectivity index (χ0v) is 22.0. The number of hydrogen-bond donors (Lipinski definition) is 1. The minimum atomic E-state index is -0.0981. The number of ether oxygens (including phenoxy) is 1. The van der Waals surface area contributed by atoms with E-state index in [9.17, 15) is 9.59 Å². The molecule has 3 aromatic rings. The van der Waals surface area contributed by atoms with Gasteiger partial charge in [0.15, 0.2) is 0 Å². The molecule has 1 saturated heterocycles. The lowest BCUT2D eigenvalue weighted by Crippen LogP contribution is -2.30. The molecular weight excluding hydrogens is 468 g/mol. The van der Waals surface area contributed by atoms with Crippen LogP contribution in [0.2, 0.25) is 0 Å². The molecule has 6 heteroatoms. The van der Waals surface area contributed by atoms with Gasteiger partial charge in [-0.25, -0.2) is 0 Å². The van der Waals surface area contributed by atoms with E-state index in [2.05, 4.69) is 31.3 Å². The van der Waals surface area contributed by atoms with E-state index in [-0.39, 0.29) is 23.2 Å². The van der Waals surface area contributed by atoms with Crippen LogP contribution in [-0.4, -0.2) is 36.1 Å². The lowest BCUT2D eigenvalue weighted by atomic mass is 9.96. The number of carbonyl (C=O) groups is 2. The zero-order valence-electron chi connectivity index (χ0n) is 21.1. The number of benzene rings is 3. The molecule has 0 spiro atoms. The number of rotatable bonds is 10. The predicted octanol–water partition coefficient (Wildman–Crippen LogP) is 6.03. The molecule has 1 N–H and O–H groups in total. The monoisotopic (exact) mass is 502 g/mol. The van der Waals surface area contributed by atoms with Crippen LogP contribution in [0.15, 0.2) is 78.9 Å². The van der Waals surface area contributed by atoms with Crippen LogP contribution in [0, 0.1) is 5.92 Å². The van der Waals surface area contributed by atoms with E-state index in [0.29, 0.717) is 23.8 Å². The number of nitrogens with one attached hydrogen (secondary N) is 1. The molecule has 0 radical (unpaired) electrons. The molecule has 3 aromatic carbocycles. The summed E-state index contributed by atoms with van der Waals surface area (Å²) in [4.78, 5) is 27.7. The summed E-state index contributed by atoms with van der Waals surface area (Å²) in [5, 5.41) is 3.19. The Hall–Kier alpha value is -3.25. The second-order valence-corrected chi connectivity index (χ2v) is 10.6. The smallest absolute Gasteiger partial charge is 0.251 e. The fraction of sp³-hybridized carbons (Fsp3) is 0.333. The van der Waals surface area contributed by atoms with E-state index >= 15 is 0 Å². The first-order valence-electron chi connectivity index (χ1n) is 12.4. The van der Waals surface area contributed by atoms with Gasteiger partial charge in [0, 0.05) is 12.1 Å². The van der Waals surface area contributed by atoms with Gasteiger partial charge in [0.2, 0.25) is 5.91 Å². The normalized spacial score (nSPS) is 16.3. The van der Waals surface area contributed by atoms with E-state index in [1.165, 1.54) is 5.56 Å². The third kappa shape index (κ3) is 6.49. The zero-order chi connectivity index (χ0) is 25.5. The SMILES string of the molecule is COc1ccc([C@H](CC(C)C)NC(=O)c2ccc([C@H]3SCC(=O)N3CCc3ccccc3)cc2)cc1. The molecule has 0 saturated carbocycles. The van der Waals surface area contributed by atoms with Crippen LogP contribution in [0.25, 0.3) is 0 Å². The molecule has 4 rings (SSSR count). The van der Waals surface area contributed by atoms with Crippen molar-refractivity contribution in [3.63, 3.8) is 0 Å². The van der Waals surface area contributed by atoms with Crippen LogP contribution in [0.5, 0.6) is 5.75 Å². The number of thioether (sulfide) groups is 1. The van der Waals surface area contributed by atoms with Crippen LogP contribution >= 0.6 is 11.8 Å². The lowest BCUT2D eigenvalue weighted by molar-refractivity contribution is -0.128. The van der Waals surface area contributed by atoms with Gasteiger partial charge in [-0.1, -0.05) is 68.4 Å². The van der Waals surface area contributed by atoms with E-state index in [1.54, 1.807) is 18.9 Å². The fourth-order valence-electron chi connectivity index (χ4n) is 4.49. The highest BCUT2D eigenvalue weighted by Gasteiger charge is 2.32. The lowest BCUT2D eigenvalue weighted by Gasteiger charge is -2.25. The Bertz CT molecular complexity index is 1150. The topological polar surface area (TPSA) is 58.6 Å². The average Bonchev–Trinajstić information content (AvgIpc) is 3.27. The first-order valence-corrected chi connectivity index (χ1v) is 13.5. The van der Waals surface area contributed by atoms with Gasteiger partial charge >= 0.3 is 0 Å². The summed E-state index contributed by atoms with van der Waals surface area (Å²) in [6.07, 6.45) is 1.67. The summed E-state index contributed by atoms with van der Waals surface area (Å²) < 4.78 is 5.27. The second kappa shape index (κ2) is 12.1. The van der Waals surface area contributed by atoms with Gasteiger partial charge in [-0.05, 0) is 59.7 Å². The number of nitrogens with zero attached hydrogens (tertiary/aromatic N) is 1. The maximum absolute atomic E-state index is 13.1. The Morgan fingerprint density at radius 3 is 2.36 bits per heavy atom. The Labute approximate surface area is 218 Å². The quantitative estimate of drug-likeness (QED) is 0.368. The molecule has 36 heavy (non-hydrogen) atoms. The predicted molar refractivity (Wildman–Crippen MR) is 146 cm³/mol. The largest absolute Gasteiger partial charge is 0.497 e. The van der Waals surface area contributed by atoms with Gasteiger partial charge in [0.05, 0.1) is 18.9 Å². The standard InChI is InChI=1S/C30H34N2O3S/c1-21(2)19-27(23-13-15-26(35-3)16-14-23)31-29(34)24-9-11-25(12-10-24)30-32(28(33)20-36-30)18-17-22-7-5-4-6-8-22/h4-16,21,27,30H,17-20H2,1-3H3,(H,31,34)/t27-,30+/m0/s1. The van der Waals surface area contributed by atoms with Crippen molar-refractivity contribution < 1.29 is 14.3 Å². The van der Waals surface area contributed by atoms with E-state index in [4.69, 9.17) is 4.74 Å². The van der Waals surface area contributed by atoms with Crippen molar-refractivity contribution in [2.75, 3.05) is 19.4 Å². The Kier molecular flexibility index (Phi) is 8.70. The number of methoxy groups -OCH3 is 1. The highest BCUT2D eigenvalue weighted by Crippen LogP contribution is 2.38. The third-order valence-corrected chi connectivity index (χ3v) is 7.70. The van der Waals surface area contributed by atoms with Crippen molar-refractivity contribution in [3.05, 3.63) is 101 Å². The van der Waals surface area contributed by atoms with Crippen molar-refractivity contribution in [1.82, 2.24) is 10.2 Å². The Balaban J connectivity index is 1.43. The minimum Gasteiger partial charge on any atom is -0.497 e. The van der Waals surface area contributed by atoms with Gasteiger partial charge in [-0.3, -0.25) is 9.59 Å². The summed E-state index contributed by atoms with van der Waals surface area (Å²) in [5.41, 5.74) is 3.95. The first kappa shape index (κ1) is 25.8. The molecule has 1 heterocycles. The number of amides is 2. The fourth-order valence-corrected chi connectivity index (χ4v) is 5.71. The first-order chi connectivity index (χ1) is 17.4. The van der Waals surface area contributed by atoms with Gasteiger partial charge in [-0.2, -0.15) is 0 Å². The van der Waals surface area contributed by atoms with E-state index in [0.717, 1.165) is 29.7 Å². The highest BCUT2D eigenvalue weighted by molar-refractivity contribution is 8.00. The van der Waals surface area contributed by atoms with Gasteiger partial charge in [0.25, 0.3) is 5.91 Å². The van der Waals surface area contributed by atoms with Crippen LogP contribution in [0.4, 0.5) is 0 Å². The molecule has 0 bridgehead atoms. The van der Waals surface area contributed by atoms with Gasteiger partial charge in [-0.15, -0.1) is 11.8 Å². The maximum Gasteiger partial charge on any atom is 0.251 e. The third-order valence-electron chi connectivity index (χ3n) is 6.44. The molecule has 2 amide bonds. The molecule has 2 atom stereocenters. The Morgan fingerprint density at radius 1 is 1.03 bits per heavy atom. The summed E-state index contributed by atoms with van der Waals surface area (Å²) in [6.45, 7) is 4.99. The summed E-state index contributed by atoms with van der Waals surface area (Å²) in [6, 6.07) is 25.7. The molecule has 0 aromatic heterocycles. The summed E-state index contributed by atoms with van der Waals surface area (Å²) in [7, 11) is 1.65. The van der Waals surface area contributed by atoms with Gasteiger partial charge in [0.1, 0.15) is 11.1 Å². The van der Waals surface area contributed by atoms with Crippen molar-refractivity contribution in [3.8, 4) is 5.75 Å². The van der Waals surface area contributed by atoms with E-state index < -0.39 is 0 Å². The van der Waals surface area contributed by atoms with Crippen LogP contribution in [0.1, 0.15) is 58.7 Å². The van der Waals surface area contributed by atoms with Crippen LogP contribution < -0.4 is 10.1 Å². The molecule has 1 aliphatic rings. The van der Waals surface area contributed by atoms with Crippen LogP contribution in [-0.2, 0) is 11.2 Å². The van der Waals surface area contributed by atoms with Crippen LogP contribution in [0.3, 0.4) is 0 Å². The van der Waals surface area contributed by atoms with E-state index in [1.807, 2.05) is 71.6 Å². The molecule has 0 aliphatic carbocycles. The molecule has 1 fully saturated rings. The van der Waals surface area contributed by atoms with Crippen molar-refractivity contribution in [2.45, 2.75) is 38.1 Å². The van der Waals surface area contributed by atoms with Crippen molar-refractivity contribution >= 4 is 23.6 Å². The second-order valence-electron chi connectivity index (χ2n) is 9.54. The Morgan fingerprint density at radius 2 is 1.72 bits per heavy atom. The highest BCUT2D eigenvalue weighted by atomic mass is 32.2. The number of hydrogen-bond acceptors (Lipinski definition) is 4. The molecule has 188 valence electrons.